The molecule has 2 aliphatic heterocycles. The fourth-order valence-corrected chi connectivity index (χ4v) is 4.99. The third-order valence-electron chi connectivity index (χ3n) is 7.25. The lowest BCUT2D eigenvalue weighted by Gasteiger charge is -2.45. The Hall–Kier alpha value is -3.19. The van der Waals surface area contributed by atoms with Crippen LogP contribution in [0.1, 0.15) is 35.7 Å². The second-order valence-electron chi connectivity index (χ2n) is 9.56. The molecule has 2 heterocycles. The molecule has 180 valence electrons. The molecule has 3 amide bonds. The fourth-order valence-electron chi connectivity index (χ4n) is 4.99. The highest BCUT2D eigenvalue weighted by atomic mass is 16.2. The Morgan fingerprint density at radius 2 is 1.50 bits per heavy atom. The normalized spacial score (nSPS) is 20.6. The lowest BCUT2D eigenvalue weighted by atomic mass is 9.78. The first-order valence-electron chi connectivity index (χ1n) is 12.0. The van der Waals surface area contributed by atoms with Gasteiger partial charge in [0.2, 0.25) is 11.8 Å². The molecule has 0 bridgehead atoms. The molecule has 2 fully saturated rings. The monoisotopic (exact) mass is 462 g/mol. The molecule has 34 heavy (non-hydrogen) atoms. The number of nitrogens with one attached hydrogen (secondary N) is 1. The van der Waals surface area contributed by atoms with Gasteiger partial charge in [0.25, 0.3) is 5.91 Å². The first-order valence-corrected chi connectivity index (χ1v) is 12.0. The van der Waals surface area contributed by atoms with Crippen molar-refractivity contribution < 1.29 is 14.4 Å². The summed E-state index contributed by atoms with van der Waals surface area (Å²) < 4.78 is 0. The van der Waals surface area contributed by atoms with E-state index in [0.29, 0.717) is 57.7 Å². The third kappa shape index (κ3) is 5.14. The number of piperazine rings is 1. The predicted octanol–water partition coefficient (Wildman–Crippen LogP) is 2.39. The van der Waals surface area contributed by atoms with Gasteiger partial charge >= 0.3 is 0 Å². The van der Waals surface area contributed by atoms with Crippen LogP contribution in [0, 0.1) is 5.41 Å². The molecule has 2 aromatic carbocycles. The number of hydrogen-bond acceptors (Lipinski definition) is 4. The zero-order valence-electron chi connectivity index (χ0n) is 20.1. The second kappa shape index (κ2) is 10.4. The van der Waals surface area contributed by atoms with E-state index >= 15 is 0 Å². The van der Waals surface area contributed by atoms with E-state index in [9.17, 15) is 14.4 Å². The number of carbonyl (C=O) groups is 3. The Labute approximate surface area is 201 Å². The Bertz CT molecular complexity index is 1000. The maximum absolute atomic E-state index is 13.6. The van der Waals surface area contributed by atoms with Crippen molar-refractivity contribution in [2.24, 2.45) is 5.41 Å². The molecule has 0 saturated carbocycles. The summed E-state index contributed by atoms with van der Waals surface area (Å²) in [5, 5.41) is 2.77. The van der Waals surface area contributed by atoms with Gasteiger partial charge in [0.1, 0.15) is 6.04 Å². The molecule has 7 nitrogen and oxygen atoms in total. The summed E-state index contributed by atoms with van der Waals surface area (Å²) >= 11 is 0. The summed E-state index contributed by atoms with van der Waals surface area (Å²) in [6.45, 7) is 5.42. The van der Waals surface area contributed by atoms with Crippen molar-refractivity contribution >= 4 is 17.7 Å². The minimum Gasteiger partial charge on any atom is -0.358 e. The summed E-state index contributed by atoms with van der Waals surface area (Å²) in [4.78, 5) is 45.0. The Balaban J connectivity index is 1.39. The highest BCUT2D eigenvalue weighted by Crippen LogP contribution is 2.34. The largest absolute Gasteiger partial charge is 0.358 e. The van der Waals surface area contributed by atoms with Crippen LogP contribution < -0.4 is 5.32 Å². The second-order valence-corrected chi connectivity index (χ2v) is 9.56. The topological polar surface area (TPSA) is 73.0 Å². The van der Waals surface area contributed by atoms with Crippen molar-refractivity contribution in [1.29, 1.82) is 0 Å². The molecule has 0 spiro atoms. The van der Waals surface area contributed by atoms with Crippen LogP contribution in [-0.4, -0.2) is 78.2 Å². The van der Waals surface area contributed by atoms with E-state index in [1.165, 1.54) is 0 Å². The van der Waals surface area contributed by atoms with Gasteiger partial charge in [-0.2, -0.15) is 0 Å². The molecule has 2 aromatic rings. The standard InChI is InChI=1S/C27H34N4O3/c1-27(13-15-29(16-14-27)25(33)22-11-7-4-8-12-22)26(34)31-18-17-30(23(20-31)24(32)28-2)19-21-9-5-3-6-10-21/h3-12,23H,13-20H2,1-2H3,(H,28,32)/t23-/m1/s1. The quantitative estimate of drug-likeness (QED) is 0.741. The minimum absolute atomic E-state index is 0.0179. The van der Waals surface area contributed by atoms with Crippen molar-refractivity contribution in [1.82, 2.24) is 20.0 Å². The van der Waals surface area contributed by atoms with Crippen molar-refractivity contribution in [2.75, 3.05) is 39.8 Å². The molecule has 2 aliphatic rings. The summed E-state index contributed by atoms with van der Waals surface area (Å²) in [6.07, 6.45) is 1.25. The Morgan fingerprint density at radius 3 is 2.12 bits per heavy atom. The van der Waals surface area contributed by atoms with Gasteiger partial charge in [0, 0.05) is 57.3 Å². The molecular weight excluding hydrogens is 428 g/mol. The summed E-state index contributed by atoms with van der Waals surface area (Å²) in [5.41, 5.74) is 1.31. The number of hydrogen-bond donors (Lipinski definition) is 1. The molecule has 0 aliphatic carbocycles. The average Bonchev–Trinajstić information content (AvgIpc) is 2.89. The van der Waals surface area contributed by atoms with Crippen molar-refractivity contribution in [3.63, 3.8) is 0 Å². The molecule has 4 rings (SSSR count). The maximum atomic E-state index is 13.6. The van der Waals surface area contributed by atoms with E-state index in [1.54, 1.807) is 7.05 Å². The first kappa shape index (κ1) is 24.0. The van der Waals surface area contributed by atoms with Crippen molar-refractivity contribution in [2.45, 2.75) is 32.4 Å². The molecule has 1 atom stereocenters. The number of likely N-dealkylation sites (N-methyl/N-ethyl adjacent to an activating group) is 1. The van der Waals surface area contributed by atoms with Gasteiger partial charge in [-0.25, -0.2) is 0 Å². The lowest BCUT2D eigenvalue weighted by Crippen LogP contribution is -2.61. The number of likely N-dealkylation sites (tertiary alicyclic amines) is 1. The highest BCUT2D eigenvalue weighted by Gasteiger charge is 2.43. The van der Waals surface area contributed by atoms with E-state index in [4.69, 9.17) is 0 Å². The third-order valence-corrected chi connectivity index (χ3v) is 7.25. The average molecular weight is 463 g/mol. The van der Waals surface area contributed by atoms with Crippen LogP contribution in [0.4, 0.5) is 0 Å². The predicted molar refractivity (Wildman–Crippen MR) is 131 cm³/mol. The van der Waals surface area contributed by atoms with Gasteiger partial charge in [-0.1, -0.05) is 55.5 Å². The smallest absolute Gasteiger partial charge is 0.253 e. The fraction of sp³-hybridized carbons (Fsp3) is 0.444. The van der Waals surface area contributed by atoms with Crippen LogP contribution in [-0.2, 0) is 16.1 Å². The minimum atomic E-state index is -0.525. The number of nitrogens with zero attached hydrogens (tertiary/aromatic N) is 3. The molecular formula is C27H34N4O3. The Kier molecular flexibility index (Phi) is 7.32. The Morgan fingerprint density at radius 1 is 0.882 bits per heavy atom. The van der Waals surface area contributed by atoms with E-state index in [1.807, 2.05) is 65.3 Å². The molecule has 2 saturated heterocycles. The summed E-state index contributed by atoms with van der Waals surface area (Å²) in [6, 6.07) is 19.0. The zero-order chi connectivity index (χ0) is 24.1. The van der Waals surface area contributed by atoms with Crippen LogP contribution in [0.3, 0.4) is 0 Å². The number of benzene rings is 2. The van der Waals surface area contributed by atoms with E-state index in [2.05, 4.69) is 22.3 Å². The van der Waals surface area contributed by atoms with E-state index in [0.717, 1.165) is 5.56 Å². The van der Waals surface area contributed by atoms with Crippen LogP contribution in [0.2, 0.25) is 0 Å². The number of rotatable bonds is 5. The molecule has 0 unspecified atom stereocenters. The van der Waals surface area contributed by atoms with Gasteiger partial charge in [0.05, 0.1) is 0 Å². The van der Waals surface area contributed by atoms with Gasteiger partial charge in [-0.3, -0.25) is 19.3 Å². The first-order chi connectivity index (χ1) is 16.4. The zero-order valence-corrected chi connectivity index (χ0v) is 20.1. The van der Waals surface area contributed by atoms with E-state index < -0.39 is 5.41 Å². The van der Waals surface area contributed by atoms with Crippen molar-refractivity contribution in [3.8, 4) is 0 Å². The van der Waals surface area contributed by atoms with Crippen LogP contribution in [0.5, 0.6) is 0 Å². The maximum Gasteiger partial charge on any atom is 0.253 e. The van der Waals surface area contributed by atoms with Crippen LogP contribution >= 0.6 is 0 Å². The number of piperidine rings is 1. The summed E-state index contributed by atoms with van der Waals surface area (Å²) in [5.74, 6) is 0.0405. The molecule has 0 radical (unpaired) electrons. The van der Waals surface area contributed by atoms with Crippen molar-refractivity contribution in [3.05, 3.63) is 71.8 Å². The van der Waals surface area contributed by atoms with Crippen LogP contribution in [0.15, 0.2) is 60.7 Å². The summed E-state index contributed by atoms with van der Waals surface area (Å²) in [7, 11) is 1.64. The SMILES string of the molecule is CNC(=O)[C@H]1CN(C(=O)C2(C)CCN(C(=O)c3ccccc3)CC2)CCN1Cc1ccccc1. The van der Waals surface area contributed by atoms with E-state index in [-0.39, 0.29) is 23.8 Å². The number of amides is 3. The molecule has 7 heteroatoms. The van der Waals surface area contributed by atoms with Gasteiger partial charge in [-0.05, 0) is 30.5 Å². The van der Waals surface area contributed by atoms with Gasteiger partial charge in [-0.15, -0.1) is 0 Å². The molecule has 0 aromatic heterocycles. The lowest BCUT2D eigenvalue weighted by molar-refractivity contribution is -0.148. The highest BCUT2D eigenvalue weighted by molar-refractivity contribution is 5.94. The number of carbonyl (C=O) groups excluding carboxylic acids is 3. The van der Waals surface area contributed by atoms with Gasteiger partial charge in [0.15, 0.2) is 0 Å². The van der Waals surface area contributed by atoms with Crippen LogP contribution in [0.25, 0.3) is 0 Å². The van der Waals surface area contributed by atoms with Gasteiger partial charge < -0.3 is 15.1 Å². The molecule has 1 N–H and O–H groups in total.